The molecule has 2 aromatic rings. The molecule has 6 heteroatoms. The molecule has 0 aromatic heterocycles. The third kappa shape index (κ3) is 4.95. The van der Waals surface area contributed by atoms with E-state index in [1.807, 2.05) is 0 Å². The fourth-order valence-corrected chi connectivity index (χ4v) is 2.02. The fourth-order valence-electron chi connectivity index (χ4n) is 2.02. The molecule has 0 heterocycles. The molecule has 0 bridgehead atoms. The Bertz CT molecular complexity index is 788. The lowest BCUT2D eigenvalue weighted by Crippen LogP contribution is -2.09. The maximum absolute atomic E-state index is 13.6. The van der Waals surface area contributed by atoms with Crippen molar-refractivity contribution < 1.29 is 18.7 Å². The molecule has 2 amide bonds. The van der Waals surface area contributed by atoms with Gasteiger partial charge in [0.25, 0.3) is 0 Å². The van der Waals surface area contributed by atoms with Crippen molar-refractivity contribution in [3.05, 3.63) is 59.9 Å². The molecule has 2 N–H and O–H groups in total. The molecule has 0 saturated heterocycles. The number of carbonyl (C=O) groups excluding carboxylic acids is 2. The zero-order valence-electron chi connectivity index (χ0n) is 13.3. The van der Waals surface area contributed by atoms with E-state index in [2.05, 4.69) is 10.6 Å². The van der Waals surface area contributed by atoms with Crippen molar-refractivity contribution >= 4 is 29.3 Å². The maximum Gasteiger partial charge on any atom is 0.248 e. The molecule has 0 atom stereocenters. The van der Waals surface area contributed by atoms with Gasteiger partial charge in [-0.2, -0.15) is 0 Å². The van der Waals surface area contributed by atoms with Crippen LogP contribution in [-0.2, 0) is 9.59 Å². The van der Waals surface area contributed by atoms with Crippen molar-refractivity contribution in [1.29, 1.82) is 0 Å². The van der Waals surface area contributed by atoms with E-state index in [1.165, 1.54) is 38.3 Å². The first kappa shape index (κ1) is 17.2. The lowest BCUT2D eigenvalue weighted by molar-refractivity contribution is -0.114. The molecule has 0 aliphatic rings. The Labute approximate surface area is 139 Å². The molecule has 124 valence electrons. The first-order valence-electron chi connectivity index (χ1n) is 7.18. The van der Waals surface area contributed by atoms with Gasteiger partial charge in [0.2, 0.25) is 11.8 Å². The van der Waals surface area contributed by atoms with E-state index in [9.17, 15) is 14.0 Å². The molecule has 0 fully saturated rings. The van der Waals surface area contributed by atoms with E-state index >= 15 is 0 Å². The van der Waals surface area contributed by atoms with Gasteiger partial charge in [0.1, 0.15) is 0 Å². The lowest BCUT2D eigenvalue weighted by Gasteiger charge is -2.06. The second kappa shape index (κ2) is 7.92. The van der Waals surface area contributed by atoms with E-state index in [4.69, 9.17) is 4.74 Å². The Morgan fingerprint density at radius 1 is 1.08 bits per heavy atom. The van der Waals surface area contributed by atoms with Gasteiger partial charge < -0.3 is 15.4 Å². The van der Waals surface area contributed by atoms with E-state index in [0.717, 1.165) is 0 Å². The number of hydrogen-bond donors (Lipinski definition) is 2. The second-order valence-corrected chi connectivity index (χ2v) is 4.98. The van der Waals surface area contributed by atoms with Gasteiger partial charge in [-0.05, 0) is 42.0 Å². The minimum Gasteiger partial charge on any atom is -0.494 e. The summed E-state index contributed by atoms with van der Waals surface area (Å²) in [5.41, 5.74) is 1.66. The lowest BCUT2D eigenvalue weighted by atomic mass is 10.2. The molecule has 0 unspecified atom stereocenters. The van der Waals surface area contributed by atoms with E-state index < -0.39 is 5.82 Å². The smallest absolute Gasteiger partial charge is 0.248 e. The Morgan fingerprint density at radius 2 is 1.79 bits per heavy atom. The van der Waals surface area contributed by atoms with Crippen LogP contribution >= 0.6 is 0 Å². The largest absolute Gasteiger partial charge is 0.494 e. The van der Waals surface area contributed by atoms with E-state index in [0.29, 0.717) is 16.9 Å². The van der Waals surface area contributed by atoms with Gasteiger partial charge in [-0.1, -0.05) is 12.1 Å². The topological polar surface area (TPSA) is 67.4 Å². The molecular formula is C18H17FN2O3. The highest BCUT2D eigenvalue weighted by Gasteiger charge is 2.03. The summed E-state index contributed by atoms with van der Waals surface area (Å²) in [7, 11) is 1.39. The minimum atomic E-state index is -0.497. The van der Waals surface area contributed by atoms with Crippen molar-refractivity contribution in [2.75, 3.05) is 17.7 Å². The molecule has 2 aromatic carbocycles. The SMILES string of the molecule is COc1ccc(/C=C/C(=O)Nc2cccc(NC(C)=O)c2)cc1F. The van der Waals surface area contributed by atoms with Crippen LogP contribution < -0.4 is 15.4 Å². The summed E-state index contributed by atoms with van der Waals surface area (Å²) < 4.78 is 18.4. The van der Waals surface area contributed by atoms with Crippen LogP contribution in [0.25, 0.3) is 6.08 Å². The Hall–Kier alpha value is -3.15. The number of ether oxygens (including phenoxy) is 1. The van der Waals surface area contributed by atoms with Gasteiger partial charge in [-0.3, -0.25) is 9.59 Å². The summed E-state index contributed by atoms with van der Waals surface area (Å²) in [5.74, 6) is -0.916. The Balaban J connectivity index is 2.02. The number of methoxy groups -OCH3 is 1. The summed E-state index contributed by atoms with van der Waals surface area (Å²) >= 11 is 0. The zero-order valence-corrected chi connectivity index (χ0v) is 13.3. The molecule has 0 spiro atoms. The maximum atomic E-state index is 13.6. The summed E-state index contributed by atoms with van der Waals surface area (Å²) in [5, 5.41) is 5.30. The highest BCUT2D eigenvalue weighted by atomic mass is 19.1. The zero-order chi connectivity index (χ0) is 17.5. The number of benzene rings is 2. The minimum absolute atomic E-state index is 0.145. The highest BCUT2D eigenvalue weighted by Crippen LogP contribution is 2.19. The van der Waals surface area contributed by atoms with Crippen LogP contribution in [0.4, 0.5) is 15.8 Å². The predicted molar refractivity (Wildman–Crippen MR) is 91.4 cm³/mol. The molecule has 5 nitrogen and oxygen atoms in total. The molecule has 2 rings (SSSR count). The Morgan fingerprint density at radius 3 is 2.42 bits per heavy atom. The van der Waals surface area contributed by atoms with Crippen molar-refractivity contribution in [1.82, 2.24) is 0 Å². The van der Waals surface area contributed by atoms with Gasteiger partial charge in [-0.15, -0.1) is 0 Å². The summed E-state index contributed by atoms with van der Waals surface area (Å²) in [6, 6.07) is 11.2. The first-order valence-corrected chi connectivity index (χ1v) is 7.18. The van der Waals surface area contributed by atoms with Gasteiger partial charge in [0, 0.05) is 24.4 Å². The van der Waals surface area contributed by atoms with Crippen LogP contribution in [0.15, 0.2) is 48.5 Å². The highest BCUT2D eigenvalue weighted by molar-refractivity contribution is 6.02. The number of anilines is 2. The van der Waals surface area contributed by atoms with Gasteiger partial charge in [-0.25, -0.2) is 4.39 Å². The van der Waals surface area contributed by atoms with E-state index in [-0.39, 0.29) is 17.6 Å². The number of hydrogen-bond acceptors (Lipinski definition) is 3. The number of carbonyl (C=O) groups is 2. The molecule has 24 heavy (non-hydrogen) atoms. The van der Waals surface area contributed by atoms with Crippen LogP contribution in [0.5, 0.6) is 5.75 Å². The number of halogens is 1. The van der Waals surface area contributed by atoms with Gasteiger partial charge in [0.15, 0.2) is 11.6 Å². The van der Waals surface area contributed by atoms with Crippen LogP contribution in [0.3, 0.4) is 0 Å². The van der Waals surface area contributed by atoms with Crippen LogP contribution in [0.1, 0.15) is 12.5 Å². The number of rotatable bonds is 5. The molecule has 0 aliphatic heterocycles. The molecule has 0 aliphatic carbocycles. The third-order valence-electron chi connectivity index (χ3n) is 3.05. The van der Waals surface area contributed by atoms with Crippen molar-refractivity contribution in [3.63, 3.8) is 0 Å². The Kier molecular flexibility index (Phi) is 5.68. The predicted octanol–water partition coefficient (Wildman–Crippen LogP) is 3.44. The number of nitrogens with one attached hydrogen (secondary N) is 2. The van der Waals surface area contributed by atoms with Crippen LogP contribution in [-0.4, -0.2) is 18.9 Å². The van der Waals surface area contributed by atoms with E-state index in [1.54, 1.807) is 30.3 Å². The average Bonchev–Trinajstić information content (AvgIpc) is 2.53. The quantitative estimate of drug-likeness (QED) is 0.826. The van der Waals surface area contributed by atoms with Crippen LogP contribution in [0, 0.1) is 5.82 Å². The molecule has 0 saturated carbocycles. The molecular weight excluding hydrogens is 311 g/mol. The second-order valence-electron chi connectivity index (χ2n) is 4.98. The standard InChI is InChI=1S/C18H17FN2O3/c1-12(22)20-14-4-3-5-15(11-14)21-18(23)9-7-13-6-8-17(24-2)16(19)10-13/h3-11H,1-2H3,(H,20,22)(H,21,23)/b9-7+. The number of amides is 2. The monoisotopic (exact) mass is 328 g/mol. The van der Waals surface area contributed by atoms with Gasteiger partial charge in [0.05, 0.1) is 7.11 Å². The first-order chi connectivity index (χ1) is 11.5. The normalized spacial score (nSPS) is 10.5. The summed E-state index contributed by atoms with van der Waals surface area (Å²) in [4.78, 5) is 23.0. The third-order valence-corrected chi connectivity index (χ3v) is 3.05. The van der Waals surface area contributed by atoms with Crippen molar-refractivity contribution in [3.8, 4) is 5.75 Å². The van der Waals surface area contributed by atoms with Gasteiger partial charge >= 0.3 is 0 Å². The molecule has 0 radical (unpaired) electrons. The van der Waals surface area contributed by atoms with Crippen molar-refractivity contribution in [2.24, 2.45) is 0 Å². The summed E-state index contributed by atoms with van der Waals surface area (Å²) in [6.45, 7) is 1.40. The summed E-state index contributed by atoms with van der Waals surface area (Å²) in [6.07, 6.45) is 2.79. The fraction of sp³-hybridized carbons (Fsp3) is 0.111. The van der Waals surface area contributed by atoms with Crippen molar-refractivity contribution in [2.45, 2.75) is 6.92 Å². The van der Waals surface area contributed by atoms with Crippen LogP contribution in [0.2, 0.25) is 0 Å². The average molecular weight is 328 g/mol.